The first-order valence-corrected chi connectivity index (χ1v) is 12.4. The average molecular weight is 475 g/mol. The fraction of sp³-hybridized carbons (Fsp3) is 0.154. The number of nitrogens with one attached hydrogen (secondary N) is 1. The van der Waals surface area contributed by atoms with E-state index >= 15 is 0 Å². The van der Waals surface area contributed by atoms with Crippen LogP contribution in [0.2, 0.25) is 0 Å². The smallest absolute Gasteiger partial charge is 0.217 e. The second kappa shape index (κ2) is 10.5. The number of benzene rings is 3. The van der Waals surface area contributed by atoms with Crippen molar-refractivity contribution >= 4 is 21.5 Å². The van der Waals surface area contributed by atoms with Crippen LogP contribution in [0.1, 0.15) is 11.1 Å². The van der Waals surface area contributed by atoms with Crippen molar-refractivity contribution in [3.8, 4) is 17.0 Å². The summed E-state index contributed by atoms with van der Waals surface area (Å²) >= 11 is 0. The number of hydrogen-bond donors (Lipinski definition) is 1. The van der Waals surface area contributed by atoms with Gasteiger partial charge in [0.05, 0.1) is 11.4 Å². The molecular weight excluding hydrogens is 448 g/mol. The lowest BCUT2D eigenvalue weighted by Crippen LogP contribution is -2.23. The number of sulfonamides is 1. The van der Waals surface area contributed by atoms with E-state index < -0.39 is 10.0 Å². The van der Waals surface area contributed by atoms with Gasteiger partial charge in [-0.3, -0.25) is 0 Å². The van der Waals surface area contributed by atoms with Gasteiger partial charge in [0.1, 0.15) is 24.5 Å². The van der Waals surface area contributed by atoms with Crippen molar-refractivity contribution in [3.05, 3.63) is 102 Å². The molecule has 8 heteroatoms. The lowest BCUT2D eigenvalue weighted by molar-refractivity contribution is 0.306. The summed E-state index contributed by atoms with van der Waals surface area (Å²) in [5.74, 6) is 1.29. The van der Waals surface area contributed by atoms with Crippen LogP contribution in [0, 0.1) is 0 Å². The Balaban J connectivity index is 1.48. The quantitative estimate of drug-likeness (QED) is 0.373. The summed E-state index contributed by atoms with van der Waals surface area (Å²) in [6.45, 7) is 0.487. The molecule has 0 aliphatic rings. The Morgan fingerprint density at radius 3 is 2.41 bits per heavy atom. The number of anilines is 2. The second-order valence-corrected chi connectivity index (χ2v) is 10.1. The van der Waals surface area contributed by atoms with Gasteiger partial charge in [0, 0.05) is 31.4 Å². The van der Waals surface area contributed by atoms with E-state index in [1.807, 2.05) is 72.8 Å². The maximum atomic E-state index is 12.2. The fourth-order valence-corrected chi connectivity index (χ4v) is 4.16. The molecule has 0 aliphatic heterocycles. The number of ether oxygens (including phenoxy) is 1. The zero-order valence-corrected chi connectivity index (χ0v) is 19.9. The van der Waals surface area contributed by atoms with Crippen LogP contribution in [0.5, 0.6) is 5.75 Å². The first kappa shape index (κ1) is 23.4. The van der Waals surface area contributed by atoms with E-state index in [0.717, 1.165) is 28.3 Å². The number of rotatable bonds is 9. The maximum absolute atomic E-state index is 12.2. The van der Waals surface area contributed by atoms with Crippen molar-refractivity contribution < 1.29 is 13.2 Å². The van der Waals surface area contributed by atoms with Gasteiger partial charge in [-0.05, 0) is 35.4 Å². The summed E-state index contributed by atoms with van der Waals surface area (Å²) < 4.78 is 31.6. The van der Waals surface area contributed by atoms with Gasteiger partial charge < -0.3 is 10.1 Å². The van der Waals surface area contributed by atoms with Gasteiger partial charge in [-0.25, -0.2) is 22.7 Å². The monoisotopic (exact) mass is 474 g/mol. The van der Waals surface area contributed by atoms with Crippen molar-refractivity contribution in [2.75, 3.05) is 19.4 Å². The summed E-state index contributed by atoms with van der Waals surface area (Å²) in [6.07, 6.45) is 1.50. The van der Waals surface area contributed by atoms with E-state index in [4.69, 9.17) is 4.74 Å². The van der Waals surface area contributed by atoms with Crippen molar-refractivity contribution in [3.63, 3.8) is 0 Å². The molecule has 3 aromatic carbocycles. The minimum absolute atomic E-state index is 0.0691. The highest BCUT2D eigenvalue weighted by Crippen LogP contribution is 2.25. The van der Waals surface area contributed by atoms with E-state index in [0.29, 0.717) is 18.0 Å². The van der Waals surface area contributed by atoms with Gasteiger partial charge >= 0.3 is 0 Å². The Labute approximate surface area is 200 Å². The molecule has 0 fully saturated rings. The third-order valence-corrected chi connectivity index (χ3v) is 6.96. The van der Waals surface area contributed by atoms with Crippen molar-refractivity contribution in [1.29, 1.82) is 0 Å². The lowest BCUT2D eigenvalue weighted by atomic mass is 10.1. The molecule has 1 N–H and O–H groups in total. The van der Waals surface area contributed by atoms with E-state index in [9.17, 15) is 8.42 Å². The van der Waals surface area contributed by atoms with E-state index in [1.165, 1.54) is 24.7 Å². The van der Waals surface area contributed by atoms with Crippen molar-refractivity contribution in [2.24, 2.45) is 0 Å². The molecule has 174 valence electrons. The molecule has 0 saturated heterocycles. The Morgan fingerprint density at radius 2 is 1.62 bits per heavy atom. The largest absolute Gasteiger partial charge is 0.489 e. The Kier molecular flexibility index (Phi) is 7.20. The topological polar surface area (TPSA) is 84.4 Å². The van der Waals surface area contributed by atoms with Crippen LogP contribution in [0.4, 0.5) is 11.5 Å². The molecule has 0 amide bonds. The molecule has 0 atom stereocenters. The zero-order chi connectivity index (χ0) is 24.0. The molecule has 0 saturated carbocycles. The predicted molar refractivity (Wildman–Crippen MR) is 134 cm³/mol. The van der Waals surface area contributed by atoms with Crippen LogP contribution in [0.15, 0.2) is 91.3 Å². The summed E-state index contributed by atoms with van der Waals surface area (Å²) in [5, 5.41) is 3.24. The van der Waals surface area contributed by atoms with E-state index in [1.54, 1.807) is 12.1 Å². The van der Waals surface area contributed by atoms with E-state index in [2.05, 4.69) is 15.3 Å². The lowest BCUT2D eigenvalue weighted by Gasteiger charge is -2.13. The van der Waals surface area contributed by atoms with Crippen molar-refractivity contribution in [1.82, 2.24) is 14.3 Å². The van der Waals surface area contributed by atoms with Crippen LogP contribution in [-0.4, -0.2) is 36.8 Å². The number of hydrogen-bond acceptors (Lipinski definition) is 6. The molecule has 0 unspecified atom stereocenters. The highest BCUT2D eigenvalue weighted by atomic mass is 32.2. The summed E-state index contributed by atoms with van der Waals surface area (Å²) in [4.78, 5) is 8.72. The van der Waals surface area contributed by atoms with Crippen LogP contribution in [0.3, 0.4) is 0 Å². The first-order chi connectivity index (χ1) is 16.4. The number of aromatic nitrogens is 2. The molecule has 1 aromatic heterocycles. The van der Waals surface area contributed by atoms with Gasteiger partial charge in [-0.1, -0.05) is 54.6 Å². The highest BCUT2D eigenvalue weighted by molar-refractivity contribution is 7.88. The van der Waals surface area contributed by atoms with Gasteiger partial charge in [0.2, 0.25) is 10.0 Å². The fourth-order valence-electron chi connectivity index (χ4n) is 3.30. The maximum Gasteiger partial charge on any atom is 0.217 e. The Bertz CT molecular complexity index is 1360. The standard InChI is InChI=1S/C26H26N4O3S/c1-30(2)34(31,32)18-21-10-6-12-23(14-21)29-26-16-25(27-19-28-26)22-11-7-13-24(15-22)33-17-20-8-4-3-5-9-20/h3-16,19H,17-18H2,1-2H3,(H,27,28,29). The predicted octanol–water partition coefficient (Wildman–Crippen LogP) is 4.86. The molecule has 4 aromatic rings. The van der Waals surface area contributed by atoms with Gasteiger partial charge in [0.15, 0.2) is 0 Å². The summed E-state index contributed by atoms with van der Waals surface area (Å²) in [5.41, 5.74) is 4.19. The first-order valence-electron chi connectivity index (χ1n) is 10.7. The molecule has 34 heavy (non-hydrogen) atoms. The summed E-state index contributed by atoms with van der Waals surface area (Å²) in [6, 6.07) is 26.9. The summed E-state index contributed by atoms with van der Waals surface area (Å²) in [7, 11) is -0.284. The molecule has 4 rings (SSSR count). The highest BCUT2D eigenvalue weighted by Gasteiger charge is 2.14. The van der Waals surface area contributed by atoms with Crippen LogP contribution in [0.25, 0.3) is 11.3 Å². The molecular formula is C26H26N4O3S. The van der Waals surface area contributed by atoms with Gasteiger partial charge in [0.25, 0.3) is 0 Å². The third-order valence-electron chi connectivity index (χ3n) is 5.15. The Morgan fingerprint density at radius 1 is 0.853 bits per heavy atom. The minimum Gasteiger partial charge on any atom is -0.489 e. The van der Waals surface area contributed by atoms with E-state index in [-0.39, 0.29) is 5.75 Å². The van der Waals surface area contributed by atoms with Crippen LogP contribution < -0.4 is 10.1 Å². The van der Waals surface area contributed by atoms with Crippen molar-refractivity contribution in [2.45, 2.75) is 12.4 Å². The Hall–Kier alpha value is -3.75. The van der Waals surface area contributed by atoms with Gasteiger partial charge in [-0.15, -0.1) is 0 Å². The molecule has 7 nitrogen and oxygen atoms in total. The van der Waals surface area contributed by atoms with Gasteiger partial charge in [-0.2, -0.15) is 0 Å². The second-order valence-electron chi connectivity index (χ2n) is 7.95. The molecule has 0 bridgehead atoms. The number of nitrogens with zero attached hydrogens (tertiary/aromatic N) is 3. The minimum atomic E-state index is -3.34. The molecule has 0 spiro atoms. The van der Waals surface area contributed by atoms with Crippen LogP contribution >= 0.6 is 0 Å². The molecule has 1 heterocycles. The third kappa shape index (κ3) is 6.18. The molecule has 0 aliphatic carbocycles. The zero-order valence-electron chi connectivity index (χ0n) is 19.0. The average Bonchev–Trinajstić information content (AvgIpc) is 2.84. The SMILES string of the molecule is CN(C)S(=O)(=O)Cc1cccc(Nc2cc(-c3cccc(OCc4ccccc4)c3)ncn2)c1. The normalized spacial score (nSPS) is 11.4. The molecule has 0 radical (unpaired) electrons. The van der Waals surface area contributed by atoms with Crippen LogP contribution in [-0.2, 0) is 22.4 Å².